The van der Waals surface area contributed by atoms with Crippen LogP contribution in [0.5, 0.6) is 0 Å². The van der Waals surface area contributed by atoms with E-state index in [0.29, 0.717) is 12.4 Å². The zero-order valence-electron chi connectivity index (χ0n) is 15.8. The Bertz CT molecular complexity index is 760. The molecule has 1 unspecified atom stereocenters. The summed E-state index contributed by atoms with van der Waals surface area (Å²) in [5, 5.41) is 0. The number of morpholine rings is 1. The average Bonchev–Trinajstić information content (AvgIpc) is 2.72. The van der Waals surface area contributed by atoms with Gasteiger partial charge in [0.15, 0.2) is 5.82 Å². The van der Waals surface area contributed by atoms with E-state index < -0.39 is 6.10 Å². The van der Waals surface area contributed by atoms with Crippen LogP contribution >= 0.6 is 0 Å². The number of amides is 1. The molecular weight excluding hydrogens is 340 g/mol. The predicted molar refractivity (Wildman–Crippen MR) is 103 cm³/mol. The number of carbonyl (C=O) groups excluding carboxylic acids is 1. The molecule has 27 heavy (non-hydrogen) atoms. The summed E-state index contributed by atoms with van der Waals surface area (Å²) in [5.74, 6) is 0.580. The fourth-order valence-electron chi connectivity index (χ4n) is 4.06. The number of anilines is 1. The first-order valence-electron chi connectivity index (χ1n) is 9.67. The Labute approximate surface area is 160 Å². The van der Waals surface area contributed by atoms with Gasteiger partial charge in [-0.2, -0.15) is 0 Å². The van der Waals surface area contributed by atoms with Crippen LogP contribution in [0.2, 0.25) is 0 Å². The van der Waals surface area contributed by atoms with Crippen LogP contribution in [0.15, 0.2) is 48.9 Å². The van der Waals surface area contributed by atoms with Gasteiger partial charge >= 0.3 is 0 Å². The van der Waals surface area contributed by atoms with E-state index in [2.05, 4.69) is 45.2 Å². The van der Waals surface area contributed by atoms with Crippen LogP contribution in [-0.2, 0) is 16.0 Å². The number of piperidine rings is 1. The van der Waals surface area contributed by atoms with E-state index in [1.54, 1.807) is 23.5 Å². The zero-order valence-corrected chi connectivity index (χ0v) is 15.8. The summed E-state index contributed by atoms with van der Waals surface area (Å²) < 4.78 is 6.22. The summed E-state index contributed by atoms with van der Waals surface area (Å²) in [6, 6.07) is 10.6. The molecule has 1 atom stereocenters. The van der Waals surface area contributed by atoms with E-state index in [1.165, 1.54) is 5.56 Å². The summed E-state index contributed by atoms with van der Waals surface area (Å²) in [6.45, 7) is 5.43. The van der Waals surface area contributed by atoms with Crippen molar-refractivity contribution in [2.75, 3.05) is 31.1 Å². The second-order valence-corrected chi connectivity index (χ2v) is 7.51. The van der Waals surface area contributed by atoms with Crippen LogP contribution in [0.1, 0.15) is 25.3 Å². The molecule has 6 heteroatoms. The molecule has 2 saturated heterocycles. The van der Waals surface area contributed by atoms with Crippen molar-refractivity contribution in [1.82, 2.24) is 14.9 Å². The molecule has 0 radical (unpaired) electrons. The molecule has 0 saturated carbocycles. The topological polar surface area (TPSA) is 58.6 Å². The van der Waals surface area contributed by atoms with Crippen molar-refractivity contribution in [3.63, 3.8) is 0 Å². The Morgan fingerprint density at radius 1 is 1.19 bits per heavy atom. The highest BCUT2D eigenvalue weighted by Crippen LogP contribution is 2.34. The lowest BCUT2D eigenvalue weighted by molar-refractivity contribution is -0.161. The summed E-state index contributed by atoms with van der Waals surface area (Å²) in [4.78, 5) is 25.3. The van der Waals surface area contributed by atoms with Crippen LogP contribution < -0.4 is 4.90 Å². The molecule has 2 fully saturated rings. The number of hydrogen-bond donors (Lipinski definition) is 0. The minimum absolute atomic E-state index is 0.0346. The Balaban J connectivity index is 1.38. The molecule has 1 aromatic heterocycles. The molecule has 2 aliphatic heterocycles. The second kappa shape index (κ2) is 7.74. The highest BCUT2D eigenvalue weighted by molar-refractivity contribution is 5.96. The van der Waals surface area contributed by atoms with E-state index in [-0.39, 0.29) is 11.5 Å². The molecule has 6 nitrogen and oxygen atoms in total. The first-order valence-corrected chi connectivity index (χ1v) is 9.67. The number of aromatic nitrogens is 2. The predicted octanol–water partition coefficient (Wildman–Crippen LogP) is 2.31. The van der Waals surface area contributed by atoms with Crippen LogP contribution in [0.3, 0.4) is 0 Å². The lowest BCUT2D eigenvalue weighted by Gasteiger charge is -2.48. The number of hydrogen-bond acceptors (Lipinski definition) is 5. The molecule has 2 aliphatic rings. The van der Waals surface area contributed by atoms with Crippen LogP contribution in [0.4, 0.5) is 5.82 Å². The Kier molecular flexibility index (Phi) is 5.18. The fourth-order valence-corrected chi connectivity index (χ4v) is 4.06. The van der Waals surface area contributed by atoms with Gasteiger partial charge in [-0.3, -0.25) is 14.7 Å². The quantitative estimate of drug-likeness (QED) is 0.831. The maximum absolute atomic E-state index is 12.6. The standard InChI is InChI=1S/C21H26N4O2/c1-17-20(26)25(19-15-22-10-11-23-19)16-21(27-17)8-13-24(14-9-21)12-7-18-5-3-2-4-6-18/h2-6,10-11,15,17H,7-9,12-14,16H2,1H3. The number of likely N-dealkylation sites (tertiary alicyclic amines) is 1. The first-order chi connectivity index (χ1) is 13.2. The monoisotopic (exact) mass is 366 g/mol. The molecular formula is C21H26N4O2. The van der Waals surface area contributed by atoms with Gasteiger partial charge in [0.2, 0.25) is 0 Å². The number of rotatable bonds is 4. The van der Waals surface area contributed by atoms with Gasteiger partial charge in [-0.15, -0.1) is 0 Å². The van der Waals surface area contributed by atoms with Gasteiger partial charge in [0.1, 0.15) is 6.10 Å². The average molecular weight is 366 g/mol. The minimum Gasteiger partial charge on any atom is -0.360 e. The van der Waals surface area contributed by atoms with E-state index in [4.69, 9.17) is 4.74 Å². The third-order valence-corrected chi connectivity index (χ3v) is 5.64. The maximum atomic E-state index is 12.6. The molecule has 1 amide bonds. The maximum Gasteiger partial charge on any atom is 0.257 e. The minimum atomic E-state index is -0.448. The van der Waals surface area contributed by atoms with Gasteiger partial charge in [0.25, 0.3) is 5.91 Å². The Morgan fingerprint density at radius 3 is 2.67 bits per heavy atom. The molecule has 3 heterocycles. The van der Waals surface area contributed by atoms with Crippen molar-refractivity contribution >= 4 is 11.7 Å². The van der Waals surface area contributed by atoms with Gasteiger partial charge in [0, 0.05) is 32.0 Å². The van der Waals surface area contributed by atoms with Crippen LogP contribution in [0, 0.1) is 0 Å². The van der Waals surface area contributed by atoms with Crippen LogP contribution in [0.25, 0.3) is 0 Å². The summed E-state index contributed by atoms with van der Waals surface area (Å²) >= 11 is 0. The normalized spacial score (nSPS) is 22.9. The number of benzene rings is 1. The lowest BCUT2D eigenvalue weighted by atomic mass is 9.88. The van der Waals surface area contributed by atoms with Crippen molar-refractivity contribution in [1.29, 1.82) is 0 Å². The molecule has 2 aromatic rings. The van der Waals surface area contributed by atoms with Crippen molar-refractivity contribution in [2.45, 2.75) is 37.9 Å². The molecule has 0 bridgehead atoms. The molecule has 4 rings (SSSR count). The summed E-state index contributed by atoms with van der Waals surface area (Å²) in [6.07, 6.45) is 7.37. The van der Waals surface area contributed by atoms with E-state index in [0.717, 1.165) is 38.9 Å². The fraction of sp³-hybridized carbons (Fsp3) is 0.476. The van der Waals surface area contributed by atoms with Crippen molar-refractivity contribution in [3.05, 3.63) is 54.5 Å². The van der Waals surface area contributed by atoms with Crippen molar-refractivity contribution in [2.24, 2.45) is 0 Å². The van der Waals surface area contributed by atoms with Crippen LogP contribution in [-0.4, -0.2) is 58.7 Å². The number of carbonyl (C=O) groups is 1. The largest absolute Gasteiger partial charge is 0.360 e. The zero-order chi connectivity index (χ0) is 18.7. The number of nitrogens with zero attached hydrogens (tertiary/aromatic N) is 4. The van der Waals surface area contributed by atoms with E-state index in [1.807, 2.05) is 6.92 Å². The highest BCUT2D eigenvalue weighted by Gasteiger charge is 2.46. The van der Waals surface area contributed by atoms with Crippen molar-refractivity contribution in [3.8, 4) is 0 Å². The van der Waals surface area contributed by atoms with Gasteiger partial charge in [-0.1, -0.05) is 30.3 Å². The lowest BCUT2D eigenvalue weighted by Crippen LogP contribution is -2.61. The summed E-state index contributed by atoms with van der Waals surface area (Å²) in [7, 11) is 0. The van der Waals surface area contributed by atoms with Crippen molar-refractivity contribution < 1.29 is 9.53 Å². The summed E-state index contributed by atoms with van der Waals surface area (Å²) in [5.41, 5.74) is 1.09. The Hall–Kier alpha value is -2.31. The molecule has 1 spiro atoms. The van der Waals surface area contributed by atoms with E-state index >= 15 is 0 Å². The molecule has 0 N–H and O–H groups in total. The number of ether oxygens (including phenoxy) is 1. The SMILES string of the molecule is CC1OC2(CCN(CCc3ccccc3)CC2)CN(c2cnccn2)C1=O. The molecule has 142 valence electrons. The van der Waals surface area contributed by atoms with E-state index in [9.17, 15) is 4.79 Å². The first kappa shape index (κ1) is 18.1. The van der Waals surface area contributed by atoms with Gasteiger partial charge in [-0.25, -0.2) is 4.98 Å². The van der Waals surface area contributed by atoms with Gasteiger partial charge in [-0.05, 0) is 31.7 Å². The molecule has 0 aliphatic carbocycles. The Morgan fingerprint density at radius 2 is 1.96 bits per heavy atom. The third-order valence-electron chi connectivity index (χ3n) is 5.64. The van der Waals surface area contributed by atoms with Gasteiger partial charge < -0.3 is 9.64 Å². The molecule has 1 aromatic carbocycles. The van der Waals surface area contributed by atoms with Gasteiger partial charge in [0.05, 0.1) is 18.3 Å². The highest BCUT2D eigenvalue weighted by atomic mass is 16.5. The smallest absolute Gasteiger partial charge is 0.257 e. The second-order valence-electron chi connectivity index (χ2n) is 7.51. The third kappa shape index (κ3) is 4.01.